The molecule has 0 atom stereocenters. The summed E-state index contributed by atoms with van der Waals surface area (Å²) in [5, 5.41) is 10.8. The maximum atomic E-state index is 12.9. The number of hydrogen-bond acceptors (Lipinski definition) is 5. The fraction of sp³-hybridized carbons (Fsp3) is 0.111. The number of pyridine rings is 1. The van der Waals surface area contributed by atoms with Crippen molar-refractivity contribution in [3.05, 3.63) is 113 Å². The summed E-state index contributed by atoms with van der Waals surface area (Å²) in [7, 11) is 0. The lowest BCUT2D eigenvalue weighted by molar-refractivity contribution is -0.123. The molecule has 2 aromatic heterocycles. The number of rotatable bonds is 7. The lowest BCUT2D eigenvalue weighted by Crippen LogP contribution is -2.31. The van der Waals surface area contributed by atoms with Crippen LogP contribution in [0.15, 0.2) is 96.1 Å². The first-order chi connectivity index (χ1) is 16.7. The van der Waals surface area contributed by atoms with Gasteiger partial charge in [-0.2, -0.15) is 5.10 Å². The van der Waals surface area contributed by atoms with E-state index in [1.165, 1.54) is 4.68 Å². The molecule has 168 valence electrons. The van der Waals surface area contributed by atoms with Gasteiger partial charge in [-0.1, -0.05) is 54.6 Å². The van der Waals surface area contributed by atoms with Crippen LogP contribution in [0.5, 0.6) is 5.75 Å². The molecule has 0 fully saturated rings. The van der Waals surface area contributed by atoms with Gasteiger partial charge in [-0.05, 0) is 40.6 Å². The van der Waals surface area contributed by atoms with Crippen molar-refractivity contribution in [1.82, 2.24) is 20.1 Å². The zero-order valence-electron chi connectivity index (χ0n) is 18.3. The molecule has 7 nitrogen and oxygen atoms in total. The van der Waals surface area contributed by atoms with E-state index in [1.54, 1.807) is 18.5 Å². The number of benzene rings is 3. The minimum absolute atomic E-state index is 0.119. The van der Waals surface area contributed by atoms with Crippen molar-refractivity contribution in [2.24, 2.45) is 0 Å². The average molecular weight is 450 g/mol. The van der Waals surface area contributed by atoms with Crippen molar-refractivity contribution in [3.8, 4) is 5.75 Å². The van der Waals surface area contributed by atoms with Crippen LogP contribution >= 0.6 is 0 Å². The Bertz CT molecular complexity index is 1530. The Morgan fingerprint density at radius 1 is 0.912 bits per heavy atom. The number of fused-ring (bicyclic) bond motifs is 2. The van der Waals surface area contributed by atoms with E-state index in [0.29, 0.717) is 28.8 Å². The molecular weight excluding hydrogens is 428 g/mol. The zero-order valence-corrected chi connectivity index (χ0v) is 18.3. The lowest BCUT2D eigenvalue weighted by atomic mass is 10.1. The van der Waals surface area contributed by atoms with Crippen molar-refractivity contribution in [3.63, 3.8) is 0 Å². The van der Waals surface area contributed by atoms with Crippen LogP contribution < -0.4 is 15.6 Å². The molecule has 7 heteroatoms. The molecule has 34 heavy (non-hydrogen) atoms. The maximum Gasteiger partial charge on any atom is 0.274 e. The number of ether oxygens (including phenoxy) is 1. The van der Waals surface area contributed by atoms with Gasteiger partial charge in [0.1, 0.15) is 5.75 Å². The largest absolute Gasteiger partial charge is 0.484 e. The smallest absolute Gasteiger partial charge is 0.274 e. The van der Waals surface area contributed by atoms with E-state index in [0.717, 1.165) is 16.3 Å². The molecule has 1 amide bonds. The molecule has 5 aromatic rings. The van der Waals surface area contributed by atoms with Crippen LogP contribution in [-0.4, -0.2) is 27.3 Å². The summed E-state index contributed by atoms with van der Waals surface area (Å²) in [5.41, 5.74) is 1.29. The number of amides is 1. The van der Waals surface area contributed by atoms with Crippen LogP contribution in [-0.2, 0) is 17.9 Å². The predicted molar refractivity (Wildman–Crippen MR) is 131 cm³/mol. The highest BCUT2D eigenvalue weighted by Crippen LogP contribution is 2.20. The van der Waals surface area contributed by atoms with Crippen molar-refractivity contribution in [2.45, 2.75) is 13.1 Å². The van der Waals surface area contributed by atoms with E-state index in [2.05, 4.69) is 15.4 Å². The normalized spacial score (nSPS) is 10.9. The molecule has 0 aliphatic heterocycles. The molecule has 1 N–H and O–H groups in total. The maximum absolute atomic E-state index is 12.9. The molecule has 3 aromatic carbocycles. The SMILES string of the molecule is O=C(COc1ccc2ccccc2c1)NCc1nn(Cc2cccnc2)c(=O)c2ccccc12. The van der Waals surface area contributed by atoms with Crippen molar-refractivity contribution >= 4 is 27.5 Å². The van der Waals surface area contributed by atoms with E-state index in [1.807, 2.05) is 72.8 Å². The minimum atomic E-state index is -0.274. The lowest BCUT2D eigenvalue weighted by Gasteiger charge is -2.12. The quantitative estimate of drug-likeness (QED) is 0.409. The molecular formula is C27H22N4O3. The highest BCUT2D eigenvalue weighted by Gasteiger charge is 2.12. The number of aromatic nitrogens is 3. The molecule has 0 spiro atoms. The van der Waals surface area contributed by atoms with Crippen LogP contribution in [0.1, 0.15) is 11.3 Å². The van der Waals surface area contributed by atoms with Gasteiger partial charge in [0.25, 0.3) is 11.5 Å². The van der Waals surface area contributed by atoms with Gasteiger partial charge < -0.3 is 10.1 Å². The van der Waals surface area contributed by atoms with E-state index in [-0.39, 0.29) is 24.6 Å². The monoisotopic (exact) mass is 450 g/mol. The molecule has 0 unspecified atom stereocenters. The van der Waals surface area contributed by atoms with Crippen molar-refractivity contribution in [2.75, 3.05) is 6.61 Å². The second-order valence-corrected chi connectivity index (χ2v) is 7.89. The van der Waals surface area contributed by atoms with E-state index >= 15 is 0 Å². The van der Waals surface area contributed by atoms with E-state index in [9.17, 15) is 9.59 Å². The van der Waals surface area contributed by atoms with Crippen LogP contribution in [0.2, 0.25) is 0 Å². The summed E-state index contributed by atoms with van der Waals surface area (Å²) >= 11 is 0. The first kappa shape index (κ1) is 21.3. The molecule has 2 heterocycles. The summed E-state index contributed by atoms with van der Waals surface area (Å²) in [6.07, 6.45) is 3.38. The number of nitrogens with zero attached hydrogens (tertiary/aromatic N) is 3. The van der Waals surface area contributed by atoms with Gasteiger partial charge in [-0.25, -0.2) is 4.68 Å². The van der Waals surface area contributed by atoms with Gasteiger partial charge in [0.05, 0.1) is 24.2 Å². The molecule has 0 saturated carbocycles. The second-order valence-electron chi connectivity index (χ2n) is 7.89. The van der Waals surface area contributed by atoms with Crippen molar-refractivity contribution < 1.29 is 9.53 Å². The van der Waals surface area contributed by atoms with E-state index < -0.39 is 0 Å². The molecule has 0 aliphatic carbocycles. The Hall–Kier alpha value is -4.52. The van der Waals surface area contributed by atoms with Gasteiger partial charge in [0.15, 0.2) is 6.61 Å². The number of carbonyl (C=O) groups excluding carboxylic acids is 1. The second kappa shape index (κ2) is 9.54. The fourth-order valence-electron chi connectivity index (χ4n) is 3.85. The third-order valence-electron chi connectivity index (χ3n) is 5.54. The van der Waals surface area contributed by atoms with Crippen LogP contribution in [0.25, 0.3) is 21.5 Å². The van der Waals surface area contributed by atoms with Crippen LogP contribution in [0, 0.1) is 0 Å². The highest BCUT2D eigenvalue weighted by atomic mass is 16.5. The summed E-state index contributed by atoms with van der Waals surface area (Å²) in [6, 6.07) is 24.7. The Balaban J connectivity index is 1.31. The van der Waals surface area contributed by atoms with Crippen molar-refractivity contribution in [1.29, 1.82) is 0 Å². The molecule has 5 rings (SSSR count). The minimum Gasteiger partial charge on any atom is -0.484 e. The van der Waals surface area contributed by atoms with Gasteiger partial charge in [0, 0.05) is 17.8 Å². The van der Waals surface area contributed by atoms with Crippen LogP contribution in [0.4, 0.5) is 0 Å². The summed E-state index contributed by atoms with van der Waals surface area (Å²) in [6.45, 7) is 0.350. The van der Waals surface area contributed by atoms with Gasteiger partial charge in [-0.15, -0.1) is 0 Å². The molecule has 0 bridgehead atoms. The first-order valence-corrected chi connectivity index (χ1v) is 10.9. The number of hydrogen-bond donors (Lipinski definition) is 1. The zero-order chi connectivity index (χ0) is 23.3. The average Bonchev–Trinajstić information content (AvgIpc) is 2.89. The summed E-state index contributed by atoms with van der Waals surface area (Å²) < 4.78 is 7.09. The first-order valence-electron chi connectivity index (χ1n) is 10.9. The Labute approximate surface area is 195 Å². The Morgan fingerprint density at radius 2 is 1.71 bits per heavy atom. The van der Waals surface area contributed by atoms with Gasteiger partial charge >= 0.3 is 0 Å². The third-order valence-corrected chi connectivity index (χ3v) is 5.54. The summed E-state index contributed by atoms with van der Waals surface area (Å²) in [5.74, 6) is 0.353. The van der Waals surface area contributed by atoms with Crippen LogP contribution in [0.3, 0.4) is 0 Å². The van der Waals surface area contributed by atoms with Gasteiger partial charge in [0.2, 0.25) is 0 Å². The highest BCUT2D eigenvalue weighted by molar-refractivity contribution is 5.85. The number of carbonyl (C=O) groups is 1. The number of nitrogens with one attached hydrogen (secondary N) is 1. The molecule has 0 aliphatic rings. The Morgan fingerprint density at radius 3 is 2.53 bits per heavy atom. The topological polar surface area (TPSA) is 86.1 Å². The van der Waals surface area contributed by atoms with E-state index in [4.69, 9.17) is 4.74 Å². The standard InChI is InChI=1S/C27H22N4O3/c32-26(18-34-22-12-11-20-7-1-2-8-21(20)14-22)29-16-25-23-9-3-4-10-24(23)27(33)31(30-25)17-19-6-5-13-28-15-19/h1-15H,16-18H2,(H,29,32). The fourth-order valence-corrected chi connectivity index (χ4v) is 3.85. The third kappa shape index (κ3) is 4.63. The molecule has 0 saturated heterocycles. The summed E-state index contributed by atoms with van der Waals surface area (Å²) in [4.78, 5) is 29.5. The predicted octanol–water partition coefficient (Wildman–Crippen LogP) is 3.69. The van der Waals surface area contributed by atoms with Gasteiger partial charge in [-0.3, -0.25) is 14.6 Å². The Kier molecular flexibility index (Phi) is 5.99. The molecule has 0 radical (unpaired) electrons.